The molecular weight excluding hydrogens is 743 g/mol. The van der Waals surface area contributed by atoms with E-state index in [1.807, 2.05) is 101 Å². The Morgan fingerprint density at radius 3 is 1.26 bits per heavy atom. The van der Waals surface area contributed by atoms with E-state index in [9.17, 15) is 5.48 Å². The first-order valence-electron chi connectivity index (χ1n) is 25.2. The number of hydrogen-bond acceptors (Lipinski definition) is 2. The van der Waals surface area contributed by atoms with Crippen molar-refractivity contribution in [3.05, 3.63) is 242 Å². The maximum atomic E-state index is 15.4. The van der Waals surface area contributed by atoms with E-state index in [0.717, 1.165) is 55.6 Å². The van der Waals surface area contributed by atoms with Crippen molar-refractivity contribution in [1.82, 2.24) is 4.40 Å². The first kappa shape index (κ1) is 25.1. The van der Waals surface area contributed by atoms with Crippen molar-refractivity contribution in [3.63, 3.8) is 0 Å². The van der Waals surface area contributed by atoms with E-state index < -0.39 is 54.1 Å². The Kier molecular flexibility index (Phi) is 4.59. The molecule has 0 atom stereocenters. The molecule has 6 aliphatic carbocycles. The minimum absolute atomic E-state index is 0.0663. The van der Waals surface area contributed by atoms with E-state index in [-0.39, 0.29) is 57.4 Å². The van der Waals surface area contributed by atoms with E-state index >= 15 is 9.59 Å². The number of nitrogens with zero attached hydrogens (tertiary/aromatic N) is 1. The van der Waals surface area contributed by atoms with Gasteiger partial charge in [-0.2, -0.15) is 0 Å². The van der Waals surface area contributed by atoms with Crippen LogP contribution in [0.4, 0.5) is 0 Å². The largest absolute Gasteiger partial charge is 0.308 e. The summed E-state index contributed by atoms with van der Waals surface area (Å²) in [6.07, 6.45) is 0. The second-order valence-corrected chi connectivity index (χ2v) is 16.9. The van der Waals surface area contributed by atoms with Gasteiger partial charge >= 0.3 is 0 Å². The molecule has 17 rings (SSSR count). The molecular formula is C58H33NO2. The third-order valence-electron chi connectivity index (χ3n) is 14.3. The van der Waals surface area contributed by atoms with E-state index in [4.69, 9.17) is 6.85 Å². The molecule has 0 radical (unpaired) electrons. The molecule has 0 N–H and O–H groups in total. The number of hydrogen-bond donors (Lipinski definition) is 0. The molecule has 0 aliphatic heterocycles. The van der Waals surface area contributed by atoms with Crippen LogP contribution in [0.15, 0.2) is 176 Å². The Balaban J connectivity index is 1.15. The number of aromatic nitrogens is 1. The van der Waals surface area contributed by atoms with Crippen molar-refractivity contribution in [3.8, 4) is 11.1 Å². The van der Waals surface area contributed by atoms with Crippen molar-refractivity contribution in [2.45, 2.75) is 23.7 Å². The molecule has 4 bridgehead atoms. The maximum absolute atomic E-state index is 15.4. The Hall–Kier alpha value is -7.62. The molecule has 282 valence electrons. The summed E-state index contributed by atoms with van der Waals surface area (Å²) in [5.74, 6) is -1.93. The van der Waals surface area contributed by atoms with Crippen LogP contribution in [0, 0.1) is 0 Å². The predicted molar refractivity (Wildman–Crippen MR) is 244 cm³/mol. The topological polar surface area (TPSA) is 38.5 Å². The molecule has 6 aliphatic rings. The summed E-state index contributed by atoms with van der Waals surface area (Å²) in [7, 11) is 0. The Labute approximate surface area is 363 Å². The van der Waals surface area contributed by atoms with Crippen molar-refractivity contribution < 1.29 is 21.9 Å². The van der Waals surface area contributed by atoms with Crippen LogP contribution in [0.1, 0.15) is 112 Å². The second kappa shape index (κ2) is 11.1. The van der Waals surface area contributed by atoms with E-state index in [1.54, 1.807) is 0 Å². The third-order valence-corrected chi connectivity index (χ3v) is 14.3. The summed E-state index contributed by atoms with van der Waals surface area (Å²) in [5.41, 5.74) is 11.7. The molecule has 0 amide bonds. The first-order valence-corrected chi connectivity index (χ1v) is 20.7. The van der Waals surface area contributed by atoms with Crippen LogP contribution in [0.5, 0.6) is 0 Å². The number of fused-ring (bicyclic) bond motifs is 7. The van der Waals surface area contributed by atoms with Gasteiger partial charge in [-0.05, 0) is 114 Å². The lowest BCUT2D eigenvalue weighted by Gasteiger charge is -2.30. The Morgan fingerprint density at radius 1 is 0.393 bits per heavy atom. The number of carbonyl (C=O) groups is 2. The molecule has 0 saturated carbocycles. The molecule has 0 saturated heterocycles. The number of rotatable bonds is 1. The van der Waals surface area contributed by atoms with Crippen LogP contribution in [0.25, 0.3) is 60.0 Å². The van der Waals surface area contributed by atoms with Gasteiger partial charge in [0.05, 0.1) is 40.7 Å². The standard InChI is InChI=1S/C58H33NO2/c60-57-48-28-50-42(26-44(48)52-34-15-3-7-19-38(34)54(57)39-20-8-4-16-35(39)52)46-24-31(33-23-11-13-30-12-1-2-14-32(30)33)25-47-43-27-45-49(29-51(43)59(50)56(46)47)58(61)55-40-21-9-5-17-36(40)53(45)37-18-6-10-22-41(37)55/h1-29,52-55H/i1D,2D,11D,12D,13D,14D,23D,24D,25D. The lowest BCUT2D eigenvalue weighted by atomic mass is 9.72. The molecule has 0 spiro atoms. The molecule has 61 heavy (non-hydrogen) atoms. The Bertz CT molecular complexity index is 4070. The van der Waals surface area contributed by atoms with Crippen molar-refractivity contribution in [2.75, 3.05) is 0 Å². The molecule has 9 aromatic carbocycles. The van der Waals surface area contributed by atoms with Gasteiger partial charge < -0.3 is 4.40 Å². The lowest BCUT2D eigenvalue weighted by Crippen LogP contribution is -2.19. The van der Waals surface area contributed by atoms with E-state index in [0.29, 0.717) is 49.2 Å². The van der Waals surface area contributed by atoms with Gasteiger partial charge in [0.25, 0.3) is 0 Å². The highest BCUT2D eigenvalue weighted by Crippen LogP contribution is 2.56. The minimum atomic E-state index is -0.605. The van der Waals surface area contributed by atoms with Gasteiger partial charge in [0.15, 0.2) is 11.6 Å². The third kappa shape index (κ3) is 3.87. The predicted octanol–water partition coefficient (Wildman–Crippen LogP) is 13.3. The molecule has 3 nitrogen and oxygen atoms in total. The quantitative estimate of drug-likeness (QED) is 0.166. The molecule has 11 aromatic rings. The SMILES string of the molecule is [2H]c1c([2H])c([2H])c2c(-c3c([2H])c4c5cc6c(cc5n5c7cc8c(cc7c(c3[2H])c45)C3c4ccccc4C(C8=O)c4ccccc43)C(=O)C3c4ccccc4C6c4ccccc43)c([2H])c([2H])c([2H])c2c1[2H]. The summed E-state index contributed by atoms with van der Waals surface area (Å²) < 4.78 is 85.5. The van der Waals surface area contributed by atoms with Gasteiger partial charge in [-0.1, -0.05) is 139 Å². The molecule has 0 unspecified atom stereocenters. The Morgan fingerprint density at radius 2 is 0.803 bits per heavy atom. The van der Waals surface area contributed by atoms with Crippen molar-refractivity contribution in [2.24, 2.45) is 0 Å². The zero-order valence-electron chi connectivity index (χ0n) is 41.1. The summed E-state index contributed by atoms with van der Waals surface area (Å²) in [5, 5.41) is 1.46. The fourth-order valence-corrected chi connectivity index (χ4v) is 11.9. The van der Waals surface area contributed by atoms with Gasteiger partial charge in [-0.25, -0.2) is 0 Å². The maximum Gasteiger partial charge on any atom is 0.175 e. The summed E-state index contributed by atoms with van der Waals surface area (Å²) >= 11 is 0. The monoisotopic (exact) mass is 784 g/mol. The highest BCUT2D eigenvalue weighted by molar-refractivity contribution is 6.27. The van der Waals surface area contributed by atoms with Gasteiger partial charge in [0.1, 0.15) is 0 Å². The highest BCUT2D eigenvalue weighted by atomic mass is 16.1. The zero-order valence-corrected chi connectivity index (χ0v) is 32.1. The summed E-state index contributed by atoms with van der Waals surface area (Å²) in [6.45, 7) is 0. The molecule has 2 aromatic heterocycles. The van der Waals surface area contributed by atoms with E-state index in [2.05, 4.69) is 24.3 Å². The van der Waals surface area contributed by atoms with Crippen LogP contribution in [-0.2, 0) is 0 Å². The lowest BCUT2D eigenvalue weighted by molar-refractivity contribution is 0.0966. The zero-order chi connectivity index (χ0) is 47.7. The summed E-state index contributed by atoms with van der Waals surface area (Å²) in [6, 6.07) is 35.5. The highest BCUT2D eigenvalue weighted by Gasteiger charge is 2.45. The van der Waals surface area contributed by atoms with Crippen LogP contribution < -0.4 is 0 Å². The molecule has 2 heterocycles. The summed E-state index contributed by atoms with van der Waals surface area (Å²) in [4.78, 5) is 30.7. The van der Waals surface area contributed by atoms with Gasteiger partial charge in [0, 0.05) is 44.5 Å². The van der Waals surface area contributed by atoms with Crippen LogP contribution in [0.3, 0.4) is 0 Å². The van der Waals surface area contributed by atoms with Crippen molar-refractivity contribution >= 4 is 60.4 Å². The minimum Gasteiger partial charge on any atom is -0.308 e. The first-order chi connectivity index (χ1) is 33.9. The fraction of sp³-hybridized carbons (Fsp3) is 0.0690. The number of benzene rings is 9. The normalized spacial score (nSPS) is 21.3. The van der Waals surface area contributed by atoms with Gasteiger partial charge in [-0.15, -0.1) is 0 Å². The molecule has 0 fully saturated rings. The number of carbonyl (C=O) groups excluding carboxylic acids is 2. The average molecular weight is 785 g/mol. The average Bonchev–Trinajstić information content (AvgIpc) is 3.74. The van der Waals surface area contributed by atoms with Crippen LogP contribution >= 0.6 is 0 Å². The molecule has 3 heteroatoms. The van der Waals surface area contributed by atoms with Gasteiger partial charge in [-0.3, -0.25) is 9.59 Å². The van der Waals surface area contributed by atoms with Crippen LogP contribution in [-0.4, -0.2) is 16.0 Å². The van der Waals surface area contributed by atoms with Crippen molar-refractivity contribution in [1.29, 1.82) is 0 Å². The fourth-order valence-electron chi connectivity index (χ4n) is 11.9. The van der Waals surface area contributed by atoms with E-state index in [1.165, 1.54) is 0 Å². The smallest absolute Gasteiger partial charge is 0.175 e. The number of ketones is 2. The van der Waals surface area contributed by atoms with Gasteiger partial charge in [0.2, 0.25) is 0 Å². The number of Topliss-reactive ketones (excluding diaryl/α,β-unsaturated/α-hetero) is 2. The second-order valence-electron chi connectivity index (χ2n) is 16.9. The van der Waals surface area contributed by atoms with Crippen LogP contribution in [0.2, 0.25) is 0 Å².